The average molecular weight is 303 g/mol. The number of anilines is 1. The molecule has 0 aliphatic carbocycles. The van der Waals surface area contributed by atoms with Gasteiger partial charge in [-0.3, -0.25) is 0 Å². The second kappa shape index (κ2) is 11.8. The van der Waals surface area contributed by atoms with Crippen molar-refractivity contribution in [3.8, 4) is 0 Å². The molecule has 0 fully saturated rings. The maximum atomic E-state index is 11.5. The van der Waals surface area contributed by atoms with Crippen molar-refractivity contribution in [1.82, 2.24) is 0 Å². The van der Waals surface area contributed by atoms with Gasteiger partial charge in [-0.2, -0.15) is 0 Å². The minimum atomic E-state index is -0.304. The van der Waals surface area contributed by atoms with Gasteiger partial charge < -0.3 is 10.1 Å². The molecule has 0 atom stereocenters. The molecular weight excluding hydrogens is 274 g/mol. The minimum absolute atomic E-state index is 0.304. The SMILES string of the molecule is CCCCCCCCC/C(=C/C(=O)OC)Nc1ccccc1. The van der Waals surface area contributed by atoms with Crippen LogP contribution in [0.4, 0.5) is 5.69 Å². The van der Waals surface area contributed by atoms with Gasteiger partial charge in [-0.15, -0.1) is 0 Å². The van der Waals surface area contributed by atoms with Crippen molar-refractivity contribution in [3.63, 3.8) is 0 Å². The molecule has 1 aromatic rings. The molecule has 0 aliphatic rings. The number of carbonyl (C=O) groups is 1. The number of nitrogens with one attached hydrogen (secondary N) is 1. The highest BCUT2D eigenvalue weighted by molar-refractivity contribution is 5.83. The van der Waals surface area contributed by atoms with Crippen molar-refractivity contribution in [3.05, 3.63) is 42.1 Å². The molecule has 0 aliphatic heterocycles. The number of para-hydroxylation sites is 1. The van der Waals surface area contributed by atoms with Gasteiger partial charge >= 0.3 is 5.97 Å². The summed E-state index contributed by atoms with van der Waals surface area (Å²) in [5, 5.41) is 3.32. The highest BCUT2D eigenvalue weighted by atomic mass is 16.5. The molecule has 0 heterocycles. The lowest BCUT2D eigenvalue weighted by atomic mass is 10.1. The van der Waals surface area contributed by atoms with Crippen LogP contribution in [-0.2, 0) is 9.53 Å². The molecule has 0 saturated carbocycles. The first-order valence-electron chi connectivity index (χ1n) is 8.37. The van der Waals surface area contributed by atoms with E-state index in [1.807, 2.05) is 30.3 Å². The quantitative estimate of drug-likeness (QED) is 0.342. The molecule has 0 unspecified atom stereocenters. The number of unbranched alkanes of at least 4 members (excludes halogenated alkanes) is 6. The minimum Gasteiger partial charge on any atom is -0.466 e. The van der Waals surface area contributed by atoms with Crippen LogP contribution in [0, 0.1) is 0 Å². The molecule has 1 rings (SSSR count). The lowest BCUT2D eigenvalue weighted by Gasteiger charge is -2.11. The highest BCUT2D eigenvalue weighted by Gasteiger charge is 2.03. The molecular formula is C19H29NO2. The highest BCUT2D eigenvalue weighted by Crippen LogP contribution is 2.16. The molecule has 3 heteroatoms. The Bertz CT molecular complexity index is 440. The van der Waals surface area contributed by atoms with Crippen molar-refractivity contribution in [2.75, 3.05) is 12.4 Å². The number of benzene rings is 1. The summed E-state index contributed by atoms with van der Waals surface area (Å²) in [6.07, 6.45) is 11.3. The smallest absolute Gasteiger partial charge is 0.332 e. The molecule has 1 N–H and O–H groups in total. The molecule has 0 bridgehead atoms. The number of ether oxygens (including phenoxy) is 1. The predicted molar refractivity (Wildman–Crippen MR) is 92.8 cm³/mol. The zero-order valence-electron chi connectivity index (χ0n) is 13.9. The normalized spacial score (nSPS) is 11.3. The Kier molecular flexibility index (Phi) is 9.84. The van der Waals surface area contributed by atoms with Crippen molar-refractivity contribution in [2.24, 2.45) is 0 Å². The number of hydrogen-bond acceptors (Lipinski definition) is 3. The molecule has 0 saturated heterocycles. The first-order chi connectivity index (χ1) is 10.8. The number of esters is 1. The number of rotatable bonds is 11. The van der Waals surface area contributed by atoms with Gasteiger partial charge in [-0.1, -0.05) is 63.6 Å². The van der Waals surface area contributed by atoms with Crippen LogP contribution < -0.4 is 5.32 Å². The van der Waals surface area contributed by atoms with Gasteiger partial charge in [-0.05, 0) is 25.0 Å². The summed E-state index contributed by atoms with van der Waals surface area (Å²) in [6.45, 7) is 2.24. The summed E-state index contributed by atoms with van der Waals surface area (Å²) >= 11 is 0. The predicted octanol–water partition coefficient (Wildman–Crippen LogP) is 5.30. The number of allylic oxidation sites excluding steroid dienone is 1. The molecule has 122 valence electrons. The largest absolute Gasteiger partial charge is 0.466 e. The van der Waals surface area contributed by atoms with Gasteiger partial charge in [0.25, 0.3) is 0 Å². The second-order valence-corrected chi connectivity index (χ2v) is 5.56. The second-order valence-electron chi connectivity index (χ2n) is 5.56. The van der Waals surface area contributed by atoms with Crippen LogP contribution in [0.2, 0.25) is 0 Å². The van der Waals surface area contributed by atoms with Gasteiger partial charge in [-0.25, -0.2) is 4.79 Å². The van der Waals surface area contributed by atoms with Crippen LogP contribution in [0.15, 0.2) is 42.1 Å². The molecule has 0 spiro atoms. The number of carbonyl (C=O) groups excluding carboxylic acids is 1. The lowest BCUT2D eigenvalue weighted by molar-refractivity contribution is -0.134. The maximum absolute atomic E-state index is 11.5. The van der Waals surface area contributed by atoms with Crippen molar-refractivity contribution < 1.29 is 9.53 Å². The van der Waals surface area contributed by atoms with Crippen molar-refractivity contribution >= 4 is 11.7 Å². The first kappa shape index (κ1) is 18.3. The zero-order valence-corrected chi connectivity index (χ0v) is 13.9. The van der Waals surface area contributed by atoms with E-state index in [1.165, 1.54) is 45.6 Å². The van der Waals surface area contributed by atoms with Gasteiger partial charge in [0.05, 0.1) is 7.11 Å². The fourth-order valence-electron chi connectivity index (χ4n) is 2.35. The van der Waals surface area contributed by atoms with Crippen LogP contribution >= 0.6 is 0 Å². The van der Waals surface area contributed by atoms with E-state index in [0.717, 1.165) is 24.2 Å². The topological polar surface area (TPSA) is 38.3 Å². The molecule has 1 aromatic carbocycles. The van der Waals surface area contributed by atoms with Gasteiger partial charge in [0.15, 0.2) is 0 Å². The van der Waals surface area contributed by atoms with E-state index < -0.39 is 0 Å². The van der Waals surface area contributed by atoms with Crippen molar-refractivity contribution in [1.29, 1.82) is 0 Å². The lowest BCUT2D eigenvalue weighted by Crippen LogP contribution is -2.05. The van der Waals surface area contributed by atoms with Crippen LogP contribution in [0.25, 0.3) is 0 Å². The third-order valence-electron chi connectivity index (χ3n) is 3.62. The first-order valence-corrected chi connectivity index (χ1v) is 8.37. The van der Waals surface area contributed by atoms with Gasteiger partial charge in [0, 0.05) is 17.5 Å². The summed E-state index contributed by atoms with van der Waals surface area (Å²) in [5.74, 6) is -0.304. The molecule has 3 nitrogen and oxygen atoms in total. The molecule has 0 radical (unpaired) electrons. The Labute approximate surface area is 134 Å². The molecule has 0 amide bonds. The Balaban J connectivity index is 2.39. The van der Waals surface area contributed by atoms with Crippen LogP contribution in [-0.4, -0.2) is 13.1 Å². The summed E-state index contributed by atoms with van der Waals surface area (Å²) < 4.78 is 4.73. The third kappa shape index (κ3) is 8.50. The molecule has 22 heavy (non-hydrogen) atoms. The van der Waals surface area contributed by atoms with E-state index in [-0.39, 0.29) is 5.97 Å². The Morgan fingerprint density at radius 2 is 1.68 bits per heavy atom. The Hall–Kier alpha value is -1.77. The van der Waals surface area contributed by atoms with E-state index in [2.05, 4.69) is 12.2 Å². The van der Waals surface area contributed by atoms with E-state index in [9.17, 15) is 4.79 Å². The van der Waals surface area contributed by atoms with Gasteiger partial charge in [0.1, 0.15) is 0 Å². The zero-order chi connectivity index (χ0) is 16.0. The summed E-state index contributed by atoms with van der Waals surface area (Å²) in [7, 11) is 1.41. The maximum Gasteiger partial charge on any atom is 0.332 e. The average Bonchev–Trinajstić information content (AvgIpc) is 2.54. The monoisotopic (exact) mass is 303 g/mol. The fraction of sp³-hybridized carbons (Fsp3) is 0.526. The molecule has 0 aromatic heterocycles. The Morgan fingerprint density at radius 1 is 1.05 bits per heavy atom. The standard InChI is InChI=1S/C19H29NO2/c1-3-4-5-6-7-8-10-15-18(16-19(21)22-2)20-17-13-11-9-12-14-17/h9,11-14,16,20H,3-8,10,15H2,1-2H3/b18-16-. The van der Waals surface area contributed by atoms with Crippen LogP contribution in [0.3, 0.4) is 0 Å². The fourth-order valence-corrected chi connectivity index (χ4v) is 2.35. The Morgan fingerprint density at radius 3 is 2.32 bits per heavy atom. The van der Waals surface area contributed by atoms with E-state index in [0.29, 0.717) is 0 Å². The van der Waals surface area contributed by atoms with Crippen molar-refractivity contribution in [2.45, 2.75) is 58.3 Å². The summed E-state index contributed by atoms with van der Waals surface area (Å²) in [6, 6.07) is 9.93. The summed E-state index contributed by atoms with van der Waals surface area (Å²) in [5.41, 5.74) is 1.92. The van der Waals surface area contributed by atoms with E-state index >= 15 is 0 Å². The van der Waals surface area contributed by atoms with Gasteiger partial charge in [0.2, 0.25) is 0 Å². The third-order valence-corrected chi connectivity index (χ3v) is 3.62. The van der Waals surface area contributed by atoms with Crippen LogP contribution in [0.5, 0.6) is 0 Å². The van der Waals surface area contributed by atoms with E-state index in [4.69, 9.17) is 4.74 Å². The number of hydrogen-bond donors (Lipinski definition) is 1. The summed E-state index contributed by atoms with van der Waals surface area (Å²) in [4.78, 5) is 11.5. The van der Waals surface area contributed by atoms with Crippen LogP contribution in [0.1, 0.15) is 58.3 Å². The number of methoxy groups -OCH3 is 1. The van der Waals surface area contributed by atoms with E-state index in [1.54, 1.807) is 6.08 Å².